The summed E-state index contributed by atoms with van der Waals surface area (Å²) in [6, 6.07) is 1.50. The van der Waals surface area contributed by atoms with Crippen molar-refractivity contribution >= 4 is 28.9 Å². The molecule has 0 radical (unpaired) electrons. The Bertz CT molecular complexity index is 527. The van der Waals surface area contributed by atoms with Crippen molar-refractivity contribution < 1.29 is 23.5 Å². The number of rotatable bonds is 5. The average molecular weight is 286 g/mol. The Balaban J connectivity index is 2.74. The highest BCUT2D eigenvalue weighted by Gasteiger charge is 2.13. The van der Waals surface area contributed by atoms with Crippen LogP contribution in [0.1, 0.15) is 29.3 Å². The number of hydrogen-bond acceptors (Lipinski definition) is 3. The third-order valence-corrected chi connectivity index (χ3v) is 3.05. The molecule has 6 heteroatoms. The lowest BCUT2D eigenvalue weighted by molar-refractivity contribution is -0.109. The number of carboxylic acid groups (broad SMARTS) is 1. The molecule has 0 fully saturated rings. The normalized spacial score (nSPS) is 10.9. The minimum absolute atomic E-state index is 0.00330. The van der Waals surface area contributed by atoms with Gasteiger partial charge in [0.25, 0.3) is 0 Å². The Morgan fingerprint density at radius 1 is 1.32 bits per heavy atom. The standard InChI is InChI=1S/C13H12F2O3S/c1-8(16)19-5-3-2-4-9-6-12(15)10(13(17)18)7-11(9)14/h2,4,6-7H,3,5H2,1H3,(H,17,18). The smallest absolute Gasteiger partial charge is 0.338 e. The number of thioether (sulfide) groups is 1. The fraction of sp³-hybridized carbons (Fsp3) is 0.231. The highest BCUT2D eigenvalue weighted by molar-refractivity contribution is 8.13. The van der Waals surface area contributed by atoms with Gasteiger partial charge in [0.2, 0.25) is 0 Å². The van der Waals surface area contributed by atoms with Crippen LogP contribution in [-0.4, -0.2) is 21.9 Å². The predicted molar refractivity (Wildman–Crippen MR) is 70.1 cm³/mol. The first-order valence-corrected chi connectivity index (χ1v) is 6.42. The van der Waals surface area contributed by atoms with Crippen molar-refractivity contribution in [3.63, 3.8) is 0 Å². The number of carbonyl (C=O) groups excluding carboxylic acids is 1. The molecule has 0 unspecified atom stereocenters. The molecule has 3 nitrogen and oxygen atoms in total. The molecule has 0 bridgehead atoms. The molecule has 0 aliphatic heterocycles. The molecule has 1 N–H and O–H groups in total. The molecule has 0 aliphatic carbocycles. The van der Waals surface area contributed by atoms with Crippen molar-refractivity contribution in [2.45, 2.75) is 13.3 Å². The molecule has 0 aromatic heterocycles. The van der Waals surface area contributed by atoms with E-state index in [1.54, 1.807) is 6.08 Å². The van der Waals surface area contributed by atoms with Crippen LogP contribution in [0.4, 0.5) is 8.78 Å². The molecule has 0 atom stereocenters. The zero-order chi connectivity index (χ0) is 14.4. The molecule has 0 spiro atoms. The summed E-state index contributed by atoms with van der Waals surface area (Å²) in [7, 11) is 0. The van der Waals surface area contributed by atoms with Gasteiger partial charge < -0.3 is 5.11 Å². The molecular formula is C13H12F2O3S. The van der Waals surface area contributed by atoms with E-state index in [9.17, 15) is 18.4 Å². The monoisotopic (exact) mass is 286 g/mol. The Hall–Kier alpha value is -1.69. The second-order valence-corrected chi connectivity index (χ2v) is 4.96. The Morgan fingerprint density at radius 2 is 2.00 bits per heavy atom. The van der Waals surface area contributed by atoms with Crippen LogP contribution in [0.5, 0.6) is 0 Å². The number of benzene rings is 1. The van der Waals surface area contributed by atoms with Crippen LogP contribution in [0, 0.1) is 11.6 Å². The lowest BCUT2D eigenvalue weighted by atomic mass is 10.1. The van der Waals surface area contributed by atoms with Crippen LogP contribution in [0.2, 0.25) is 0 Å². The van der Waals surface area contributed by atoms with E-state index in [-0.39, 0.29) is 10.7 Å². The van der Waals surface area contributed by atoms with Gasteiger partial charge in [-0.2, -0.15) is 0 Å². The Kier molecular flexibility index (Phi) is 5.69. The van der Waals surface area contributed by atoms with Crippen molar-refractivity contribution in [2.24, 2.45) is 0 Å². The van der Waals surface area contributed by atoms with Crippen molar-refractivity contribution in [1.82, 2.24) is 0 Å². The van der Waals surface area contributed by atoms with E-state index in [2.05, 4.69) is 0 Å². The quantitative estimate of drug-likeness (QED) is 0.843. The molecular weight excluding hydrogens is 274 g/mol. The summed E-state index contributed by atoms with van der Waals surface area (Å²) in [6.45, 7) is 1.45. The minimum atomic E-state index is -1.51. The molecule has 0 amide bonds. The lowest BCUT2D eigenvalue weighted by Gasteiger charge is -2.01. The van der Waals surface area contributed by atoms with Crippen LogP contribution in [0.25, 0.3) is 6.08 Å². The summed E-state index contributed by atoms with van der Waals surface area (Å²) in [5.74, 6) is -2.73. The van der Waals surface area contributed by atoms with E-state index in [4.69, 9.17) is 5.11 Å². The summed E-state index contributed by atoms with van der Waals surface area (Å²) in [4.78, 5) is 21.2. The number of hydrogen-bond donors (Lipinski definition) is 1. The van der Waals surface area contributed by atoms with Gasteiger partial charge in [-0.3, -0.25) is 4.79 Å². The van der Waals surface area contributed by atoms with Gasteiger partial charge in [-0.05, 0) is 18.6 Å². The summed E-state index contributed by atoms with van der Waals surface area (Å²) in [5.41, 5.74) is -0.711. The maximum Gasteiger partial charge on any atom is 0.338 e. The van der Waals surface area contributed by atoms with Gasteiger partial charge in [0, 0.05) is 18.2 Å². The molecule has 0 saturated carbocycles. The highest BCUT2D eigenvalue weighted by atomic mass is 32.2. The van der Waals surface area contributed by atoms with Gasteiger partial charge in [0.1, 0.15) is 11.6 Å². The van der Waals surface area contributed by atoms with Gasteiger partial charge in [0.05, 0.1) is 5.56 Å². The van der Waals surface area contributed by atoms with E-state index >= 15 is 0 Å². The summed E-state index contributed by atoms with van der Waals surface area (Å²) >= 11 is 1.14. The number of aromatic carboxylic acids is 1. The summed E-state index contributed by atoms with van der Waals surface area (Å²) in [6.07, 6.45) is 3.50. The van der Waals surface area contributed by atoms with Crippen LogP contribution < -0.4 is 0 Å². The summed E-state index contributed by atoms with van der Waals surface area (Å²) in [5, 5.41) is 8.62. The van der Waals surface area contributed by atoms with Crippen LogP contribution in [0.3, 0.4) is 0 Å². The zero-order valence-corrected chi connectivity index (χ0v) is 11.0. The molecule has 0 saturated heterocycles. The summed E-state index contributed by atoms with van der Waals surface area (Å²) < 4.78 is 26.8. The first kappa shape index (κ1) is 15.4. The maximum absolute atomic E-state index is 13.5. The maximum atomic E-state index is 13.5. The molecule has 1 aromatic rings. The second-order valence-electron chi connectivity index (χ2n) is 3.69. The third kappa shape index (κ3) is 4.82. The van der Waals surface area contributed by atoms with Gasteiger partial charge in [-0.25, -0.2) is 13.6 Å². The van der Waals surface area contributed by atoms with Crippen LogP contribution in [-0.2, 0) is 4.79 Å². The first-order chi connectivity index (χ1) is 8.91. The number of halogens is 2. The molecule has 1 rings (SSSR count). The van der Waals surface area contributed by atoms with Gasteiger partial charge >= 0.3 is 5.97 Å². The molecule has 1 aromatic carbocycles. The average Bonchev–Trinajstić information content (AvgIpc) is 2.31. The Labute approximate surface area is 113 Å². The van der Waals surface area contributed by atoms with E-state index in [0.717, 1.165) is 17.8 Å². The van der Waals surface area contributed by atoms with Crippen molar-refractivity contribution in [3.8, 4) is 0 Å². The zero-order valence-electron chi connectivity index (χ0n) is 10.2. The van der Waals surface area contributed by atoms with Gasteiger partial charge in [-0.15, -0.1) is 0 Å². The highest BCUT2D eigenvalue weighted by Crippen LogP contribution is 2.17. The minimum Gasteiger partial charge on any atom is -0.478 e. The van der Waals surface area contributed by atoms with Gasteiger partial charge in [-0.1, -0.05) is 23.9 Å². The van der Waals surface area contributed by atoms with Crippen molar-refractivity contribution in [3.05, 3.63) is 41.0 Å². The van der Waals surface area contributed by atoms with Gasteiger partial charge in [0.15, 0.2) is 5.12 Å². The fourth-order valence-corrected chi connectivity index (χ4v) is 1.88. The largest absolute Gasteiger partial charge is 0.478 e. The fourth-order valence-electron chi connectivity index (χ4n) is 1.33. The first-order valence-electron chi connectivity index (χ1n) is 5.44. The number of carbonyl (C=O) groups is 2. The third-order valence-electron chi connectivity index (χ3n) is 2.20. The second kappa shape index (κ2) is 7.04. The number of carboxylic acids is 1. The molecule has 19 heavy (non-hydrogen) atoms. The molecule has 102 valence electrons. The van der Waals surface area contributed by atoms with Crippen LogP contribution in [0.15, 0.2) is 18.2 Å². The van der Waals surface area contributed by atoms with Crippen molar-refractivity contribution in [2.75, 3.05) is 5.75 Å². The van der Waals surface area contributed by atoms with E-state index in [0.29, 0.717) is 18.2 Å². The molecule has 0 aliphatic rings. The molecule has 0 heterocycles. The predicted octanol–water partition coefficient (Wildman–Crippen LogP) is 3.35. The van der Waals surface area contributed by atoms with E-state index in [1.165, 1.54) is 13.0 Å². The van der Waals surface area contributed by atoms with Crippen molar-refractivity contribution in [1.29, 1.82) is 0 Å². The van der Waals surface area contributed by atoms with E-state index < -0.39 is 23.2 Å². The topological polar surface area (TPSA) is 54.4 Å². The SMILES string of the molecule is CC(=O)SCCC=Cc1cc(F)c(C(=O)O)cc1F. The van der Waals surface area contributed by atoms with Crippen LogP contribution >= 0.6 is 11.8 Å². The Morgan fingerprint density at radius 3 is 2.58 bits per heavy atom. The van der Waals surface area contributed by atoms with E-state index in [1.807, 2.05) is 0 Å². The number of allylic oxidation sites excluding steroid dienone is 1. The lowest BCUT2D eigenvalue weighted by Crippen LogP contribution is -2.02.